The van der Waals surface area contributed by atoms with Gasteiger partial charge < -0.3 is 14.8 Å². The standard InChI is InChI=1S/C25H27ClN2O5S/c1-3-32-23-15-14-19(17-20(23)26)34(30,31)28-22(16-18-10-6-5-7-11-18)25(29)27-21-12-8-9-13-24(21)33-4-2/h5-15,17,22,28H,3-4,16H2,1-2H3,(H,27,29). The third-order valence-corrected chi connectivity index (χ3v) is 6.62. The highest BCUT2D eigenvalue weighted by molar-refractivity contribution is 7.89. The van der Waals surface area contributed by atoms with Crippen LogP contribution in [0.3, 0.4) is 0 Å². The number of benzene rings is 3. The molecule has 0 fully saturated rings. The number of rotatable bonds is 11. The number of sulfonamides is 1. The van der Waals surface area contributed by atoms with Crippen molar-refractivity contribution in [3.05, 3.63) is 83.4 Å². The Bertz CT molecular complexity index is 1220. The molecule has 3 aromatic carbocycles. The number of ether oxygens (including phenoxy) is 2. The lowest BCUT2D eigenvalue weighted by atomic mass is 10.1. The van der Waals surface area contributed by atoms with E-state index in [1.807, 2.05) is 37.3 Å². The van der Waals surface area contributed by atoms with Crippen LogP contribution in [0.25, 0.3) is 0 Å². The first kappa shape index (κ1) is 25.6. The van der Waals surface area contributed by atoms with E-state index in [2.05, 4.69) is 10.0 Å². The van der Waals surface area contributed by atoms with E-state index in [4.69, 9.17) is 21.1 Å². The Morgan fingerprint density at radius 1 is 0.912 bits per heavy atom. The minimum Gasteiger partial charge on any atom is -0.492 e. The van der Waals surface area contributed by atoms with Gasteiger partial charge >= 0.3 is 0 Å². The summed E-state index contributed by atoms with van der Waals surface area (Å²) in [5.41, 5.74) is 1.25. The molecule has 3 aromatic rings. The zero-order valence-electron chi connectivity index (χ0n) is 19.0. The highest BCUT2D eigenvalue weighted by atomic mass is 35.5. The van der Waals surface area contributed by atoms with E-state index < -0.39 is 22.0 Å². The predicted molar refractivity (Wildman–Crippen MR) is 133 cm³/mol. The minimum absolute atomic E-state index is 0.0680. The molecule has 0 aromatic heterocycles. The molecule has 0 radical (unpaired) electrons. The molecule has 0 saturated carbocycles. The Morgan fingerprint density at radius 3 is 2.24 bits per heavy atom. The van der Waals surface area contributed by atoms with Gasteiger partial charge in [0, 0.05) is 0 Å². The molecule has 0 saturated heterocycles. The SMILES string of the molecule is CCOc1ccc(S(=O)(=O)NC(Cc2ccccc2)C(=O)Nc2ccccc2OCC)cc1Cl. The van der Waals surface area contributed by atoms with E-state index in [1.165, 1.54) is 18.2 Å². The average Bonchev–Trinajstić information content (AvgIpc) is 2.82. The molecule has 1 unspecified atom stereocenters. The van der Waals surface area contributed by atoms with E-state index in [-0.39, 0.29) is 16.3 Å². The first-order chi connectivity index (χ1) is 16.3. The summed E-state index contributed by atoms with van der Waals surface area (Å²) in [5.74, 6) is 0.365. The first-order valence-corrected chi connectivity index (χ1v) is 12.7. The van der Waals surface area contributed by atoms with Crippen LogP contribution in [-0.4, -0.2) is 33.6 Å². The third kappa shape index (κ3) is 6.72. The Labute approximate surface area is 205 Å². The Kier molecular flexibility index (Phi) is 8.92. The number of nitrogens with one attached hydrogen (secondary N) is 2. The molecule has 0 heterocycles. The molecular weight excluding hydrogens is 476 g/mol. The molecule has 7 nitrogen and oxygen atoms in total. The summed E-state index contributed by atoms with van der Waals surface area (Å²) in [6, 6.07) is 19.2. The molecule has 0 aliphatic heterocycles. The minimum atomic E-state index is -4.07. The molecule has 180 valence electrons. The fourth-order valence-electron chi connectivity index (χ4n) is 3.29. The van der Waals surface area contributed by atoms with Crippen molar-refractivity contribution < 1.29 is 22.7 Å². The number of hydrogen-bond acceptors (Lipinski definition) is 5. The maximum atomic E-state index is 13.2. The number of halogens is 1. The summed E-state index contributed by atoms with van der Waals surface area (Å²) in [6.45, 7) is 4.46. The van der Waals surface area contributed by atoms with Crippen molar-refractivity contribution in [1.29, 1.82) is 0 Å². The van der Waals surface area contributed by atoms with Crippen LogP contribution >= 0.6 is 11.6 Å². The van der Waals surface area contributed by atoms with Crippen molar-refractivity contribution in [1.82, 2.24) is 4.72 Å². The van der Waals surface area contributed by atoms with Gasteiger partial charge in [0.05, 0.1) is 28.8 Å². The quantitative estimate of drug-likeness (QED) is 0.397. The molecule has 9 heteroatoms. The van der Waals surface area contributed by atoms with Gasteiger partial charge in [-0.25, -0.2) is 8.42 Å². The summed E-state index contributed by atoms with van der Waals surface area (Å²) in [7, 11) is -4.07. The van der Waals surface area contributed by atoms with Crippen LogP contribution in [0.4, 0.5) is 5.69 Å². The molecule has 0 aliphatic rings. The Hall–Kier alpha value is -3.07. The smallest absolute Gasteiger partial charge is 0.243 e. The van der Waals surface area contributed by atoms with Crippen molar-refractivity contribution in [2.45, 2.75) is 31.2 Å². The van der Waals surface area contributed by atoms with Crippen molar-refractivity contribution in [2.24, 2.45) is 0 Å². The van der Waals surface area contributed by atoms with E-state index in [1.54, 1.807) is 31.2 Å². The summed E-state index contributed by atoms with van der Waals surface area (Å²) < 4.78 is 39.8. The van der Waals surface area contributed by atoms with Gasteiger partial charge in [0.1, 0.15) is 17.5 Å². The fraction of sp³-hybridized carbons (Fsp3) is 0.240. The van der Waals surface area contributed by atoms with Gasteiger partial charge in [-0.3, -0.25) is 4.79 Å². The zero-order valence-corrected chi connectivity index (χ0v) is 20.5. The molecular formula is C25H27ClN2O5S. The maximum Gasteiger partial charge on any atom is 0.243 e. The van der Waals surface area contributed by atoms with E-state index in [0.29, 0.717) is 30.4 Å². The Morgan fingerprint density at radius 2 is 1.56 bits per heavy atom. The zero-order chi connectivity index (χ0) is 24.6. The second-order valence-electron chi connectivity index (χ2n) is 7.31. The lowest BCUT2D eigenvalue weighted by molar-refractivity contribution is -0.117. The van der Waals surface area contributed by atoms with Gasteiger partial charge in [0.15, 0.2) is 0 Å². The molecule has 34 heavy (non-hydrogen) atoms. The summed E-state index contributed by atoms with van der Waals surface area (Å²) in [6.07, 6.45) is 0.146. The number of para-hydroxylation sites is 2. The molecule has 0 bridgehead atoms. The highest BCUT2D eigenvalue weighted by Crippen LogP contribution is 2.28. The van der Waals surface area contributed by atoms with Crippen LogP contribution < -0.4 is 19.5 Å². The van der Waals surface area contributed by atoms with Gasteiger partial charge in [-0.2, -0.15) is 4.72 Å². The number of hydrogen-bond donors (Lipinski definition) is 2. The lowest BCUT2D eigenvalue weighted by Gasteiger charge is -2.20. The van der Waals surface area contributed by atoms with Crippen LogP contribution in [0.5, 0.6) is 11.5 Å². The topological polar surface area (TPSA) is 93.7 Å². The van der Waals surface area contributed by atoms with Gasteiger partial charge in [0.2, 0.25) is 15.9 Å². The van der Waals surface area contributed by atoms with Gasteiger partial charge in [-0.1, -0.05) is 54.1 Å². The lowest BCUT2D eigenvalue weighted by Crippen LogP contribution is -2.45. The second-order valence-corrected chi connectivity index (χ2v) is 9.43. The molecule has 2 N–H and O–H groups in total. The molecule has 1 amide bonds. The monoisotopic (exact) mass is 502 g/mol. The van der Waals surface area contributed by atoms with Crippen molar-refractivity contribution in [2.75, 3.05) is 18.5 Å². The van der Waals surface area contributed by atoms with Crippen molar-refractivity contribution >= 4 is 33.2 Å². The maximum absolute atomic E-state index is 13.2. The van der Waals surface area contributed by atoms with E-state index >= 15 is 0 Å². The van der Waals surface area contributed by atoms with Crippen molar-refractivity contribution in [3.8, 4) is 11.5 Å². The fourth-order valence-corrected chi connectivity index (χ4v) is 4.81. The number of carbonyl (C=O) groups excluding carboxylic acids is 1. The normalized spacial score (nSPS) is 12.1. The summed E-state index contributed by atoms with van der Waals surface area (Å²) >= 11 is 6.19. The van der Waals surface area contributed by atoms with Crippen LogP contribution in [0.1, 0.15) is 19.4 Å². The first-order valence-electron chi connectivity index (χ1n) is 10.8. The molecule has 0 spiro atoms. The summed E-state index contributed by atoms with van der Waals surface area (Å²) in [4.78, 5) is 13.2. The second kappa shape index (κ2) is 11.9. The molecule has 3 rings (SSSR count). The largest absolute Gasteiger partial charge is 0.492 e. The molecule has 1 atom stereocenters. The highest BCUT2D eigenvalue weighted by Gasteiger charge is 2.27. The van der Waals surface area contributed by atoms with E-state index in [0.717, 1.165) is 5.56 Å². The number of amides is 1. The number of anilines is 1. The number of carbonyl (C=O) groups is 1. The van der Waals surface area contributed by atoms with Gasteiger partial charge in [0.25, 0.3) is 0 Å². The van der Waals surface area contributed by atoms with Crippen LogP contribution in [0.15, 0.2) is 77.7 Å². The van der Waals surface area contributed by atoms with Crippen LogP contribution in [-0.2, 0) is 21.2 Å². The van der Waals surface area contributed by atoms with E-state index in [9.17, 15) is 13.2 Å². The Balaban J connectivity index is 1.88. The van der Waals surface area contributed by atoms with Crippen molar-refractivity contribution in [3.63, 3.8) is 0 Å². The van der Waals surface area contributed by atoms with Crippen LogP contribution in [0.2, 0.25) is 5.02 Å². The van der Waals surface area contributed by atoms with Crippen LogP contribution in [0, 0.1) is 0 Å². The predicted octanol–water partition coefficient (Wildman–Crippen LogP) is 4.67. The average molecular weight is 503 g/mol. The third-order valence-electron chi connectivity index (χ3n) is 4.85. The molecule has 0 aliphatic carbocycles. The van der Waals surface area contributed by atoms with Gasteiger partial charge in [-0.05, 0) is 56.2 Å². The van der Waals surface area contributed by atoms with Gasteiger partial charge in [-0.15, -0.1) is 0 Å². The summed E-state index contributed by atoms with van der Waals surface area (Å²) in [5, 5.41) is 2.96.